The molecule has 9 heteroatoms. The Bertz CT molecular complexity index is 944. The molecule has 0 spiro atoms. The van der Waals surface area contributed by atoms with Crippen molar-refractivity contribution < 1.29 is 31.6 Å². The van der Waals surface area contributed by atoms with E-state index in [2.05, 4.69) is 0 Å². The van der Waals surface area contributed by atoms with Gasteiger partial charge in [-0.15, -0.1) is 0 Å². The molecule has 8 nitrogen and oxygen atoms in total. The lowest BCUT2D eigenvalue weighted by Gasteiger charge is -2.24. The minimum absolute atomic E-state index is 0.186. The molecular weight excluding hydrogens is 398 g/mol. The lowest BCUT2D eigenvalue weighted by atomic mass is 10.1. The van der Waals surface area contributed by atoms with Crippen LogP contribution in [-0.4, -0.2) is 60.0 Å². The Kier molecular flexibility index (Phi) is 7.86. The average molecular weight is 423 g/mol. The molecule has 0 fully saturated rings. The Labute approximate surface area is 171 Å². The van der Waals surface area contributed by atoms with Crippen LogP contribution in [0.1, 0.15) is 15.9 Å². The molecule has 0 aromatic heterocycles. The van der Waals surface area contributed by atoms with E-state index in [1.54, 1.807) is 54.5 Å². The molecule has 0 radical (unpaired) electrons. The maximum atomic E-state index is 13.2. The first-order valence-corrected chi connectivity index (χ1v) is 10.6. The van der Waals surface area contributed by atoms with Gasteiger partial charge in [-0.3, -0.25) is 4.79 Å². The lowest BCUT2D eigenvalue weighted by Crippen LogP contribution is -2.33. The van der Waals surface area contributed by atoms with Crippen molar-refractivity contribution in [1.29, 1.82) is 0 Å². The van der Waals surface area contributed by atoms with Crippen LogP contribution in [0.5, 0.6) is 17.2 Å². The van der Waals surface area contributed by atoms with Gasteiger partial charge in [0.15, 0.2) is 0 Å². The minimum Gasteiger partial charge on any atom is -0.497 e. The molecule has 0 aliphatic heterocycles. The Morgan fingerprint density at radius 3 is 2.38 bits per heavy atom. The second-order valence-corrected chi connectivity index (χ2v) is 7.80. The summed E-state index contributed by atoms with van der Waals surface area (Å²) >= 11 is 0. The number of amides is 1. The molecule has 0 atom stereocenters. The minimum atomic E-state index is -3.64. The number of benzene rings is 2. The third-order valence-electron chi connectivity index (χ3n) is 4.01. The number of methoxy groups -OCH3 is 3. The van der Waals surface area contributed by atoms with Gasteiger partial charge in [0.05, 0.1) is 32.6 Å². The zero-order valence-electron chi connectivity index (χ0n) is 16.9. The highest BCUT2D eigenvalue weighted by Crippen LogP contribution is 2.26. The van der Waals surface area contributed by atoms with E-state index < -0.39 is 10.1 Å². The molecule has 29 heavy (non-hydrogen) atoms. The molecule has 0 bridgehead atoms. The summed E-state index contributed by atoms with van der Waals surface area (Å²) < 4.78 is 43.3. The van der Waals surface area contributed by atoms with Crippen molar-refractivity contribution in [2.45, 2.75) is 6.54 Å². The molecule has 158 valence electrons. The standard InChI is InChI=1S/C20H25NO7S/c1-25-11-10-21(14-15-6-5-7-17(12-15)28-29(4,23)24)20(22)18-9-8-16(26-2)13-19(18)27-3/h5-9,12-13H,10-11,14H2,1-4H3. The smallest absolute Gasteiger partial charge is 0.306 e. The largest absolute Gasteiger partial charge is 0.497 e. The van der Waals surface area contributed by atoms with Crippen LogP contribution < -0.4 is 13.7 Å². The molecule has 0 saturated heterocycles. The van der Waals surface area contributed by atoms with Crippen molar-refractivity contribution >= 4 is 16.0 Å². The van der Waals surface area contributed by atoms with E-state index in [0.29, 0.717) is 35.8 Å². The molecule has 0 unspecified atom stereocenters. The fourth-order valence-corrected chi connectivity index (χ4v) is 3.14. The van der Waals surface area contributed by atoms with Crippen LogP contribution >= 0.6 is 0 Å². The Hall–Kier alpha value is -2.78. The molecule has 1 amide bonds. The van der Waals surface area contributed by atoms with E-state index in [4.69, 9.17) is 18.4 Å². The van der Waals surface area contributed by atoms with Gasteiger partial charge < -0.3 is 23.3 Å². The quantitative estimate of drug-likeness (QED) is 0.542. The van der Waals surface area contributed by atoms with Crippen LogP contribution in [-0.2, 0) is 21.4 Å². The molecule has 2 rings (SSSR count). The summed E-state index contributed by atoms with van der Waals surface area (Å²) in [5, 5.41) is 0. The van der Waals surface area contributed by atoms with Crippen molar-refractivity contribution in [2.24, 2.45) is 0 Å². The lowest BCUT2D eigenvalue weighted by molar-refractivity contribution is 0.0677. The predicted octanol–water partition coefficient (Wildman–Crippen LogP) is 2.33. The monoisotopic (exact) mass is 423 g/mol. The van der Waals surface area contributed by atoms with Gasteiger partial charge in [-0.1, -0.05) is 12.1 Å². The van der Waals surface area contributed by atoms with Crippen molar-refractivity contribution in [1.82, 2.24) is 4.90 Å². The summed E-state index contributed by atoms with van der Waals surface area (Å²) in [5.74, 6) is 0.903. The van der Waals surface area contributed by atoms with Crippen LogP contribution in [0.4, 0.5) is 0 Å². The predicted molar refractivity (Wildman–Crippen MR) is 108 cm³/mol. The maximum Gasteiger partial charge on any atom is 0.306 e. The second-order valence-electron chi connectivity index (χ2n) is 6.22. The fraction of sp³-hybridized carbons (Fsp3) is 0.350. The van der Waals surface area contributed by atoms with E-state index in [1.807, 2.05) is 0 Å². The van der Waals surface area contributed by atoms with Gasteiger partial charge in [0.2, 0.25) is 0 Å². The molecule has 0 N–H and O–H groups in total. The van der Waals surface area contributed by atoms with E-state index in [1.165, 1.54) is 14.2 Å². The van der Waals surface area contributed by atoms with E-state index in [9.17, 15) is 13.2 Å². The van der Waals surface area contributed by atoms with Crippen molar-refractivity contribution in [3.05, 3.63) is 53.6 Å². The van der Waals surface area contributed by atoms with Gasteiger partial charge in [-0.2, -0.15) is 8.42 Å². The SMILES string of the molecule is COCCN(Cc1cccc(OS(C)(=O)=O)c1)C(=O)c1ccc(OC)cc1OC. The highest BCUT2D eigenvalue weighted by molar-refractivity contribution is 7.86. The van der Waals surface area contributed by atoms with Crippen molar-refractivity contribution in [2.75, 3.05) is 40.7 Å². The van der Waals surface area contributed by atoms with E-state index in [0.717, 1.165) is 6.26 Å². The Balaban J connectivity index is 2.30. The number of hydrogen-bond acceptors (Lipinski definition) is 7. The highest BCUT2D eigenvalue weighted by Gasteiger charge is 2.21. The van der Waals surface area contributed by atoms with Crippen LogP contribution in [0.2, 0.25) is 0 Å². The number of hydrogen-bond donors (Lipinski definition) is 0. The van der Waals surface area contributed by atoms with Gasteiger partial charge in [0.25, 0.3) is 5.91 Å². The van der Waals surface area contributed by atoms with Gasteiger partial charge >= 0.3 is 10.1 Å². The van der Waals surface area contributed by atoms with Crippen LogP contribution in [0.25, 0.3) is 0 Å². The molecule has 0 heterocycles. The van der Waals surface area contributed by atoms with Crippen LogP contribution in [0.15, 0.2) is 42.5 Å². The fourth-order valence-electron chi connectivity index (χ4n) is 2.69. The third-order valence-corrected chi connectivity index (χ3v) is 4.51. The zero-order chi connectivity index (χ0) is 21.4. The topological polar surface area (TPSA) is 91.4 Å². The summed E-state index contributed by atoms with van der Waals surface area (Å²) in [5.41, 5.74) is 1.09. The zero-order valence-corrected chi connectivity index (χ0v) is 17.7. The van der Waals surface area contributed by atoms with Gasteiger partial charge in [-0.05, 0) is 29.8 Å². The number of rotatable bonds is 10. The first-order chi connectivity index (χ1) is 13.8. The molecule has 2 aromatic carbocycles. The van der Waals surface area contributed by atoms with Gasteiger partial charge in [-0.25, -0.2) is 0 Å². The van der Waals surface area contributed by atoms with Crippen molar-refractivity contribution in [3.8, 4) is 17.2 Å². The first kappa shape index (κ1) is 22.5. The van der Waals surface area contributed by atoms with E-state index in [-0.39, 0.29) is 18.2 Å². The number of ether oxygens (including phenoxy) is 3. The third kappa shape index (κ3) is 6.65. The number of nitrogens with zero attached hydrogens (tertiary/aromatic N) is 1. The Morgan fingerprint density at radius 2 is 1.76 bits per heavy atom. The summed E-state index contributed by atoms with van der Waals surface area (Å²) in [6, 6.07) is 11.5. The van der Waals surface area contributed by atoms with E-state index >= 15 is 0 Å². The number of carbonyl (C=O) groups excluding carboxylic acids is 1. The van der Waals surface area contributed by atoms with Crippen molar-refractivity contribution in [3.63, 3.8) is 0 Å². The van der Waals surface area contributed by atoms with Crippen LogP contribution in [0, 0.1) is 0 Å². The molecular formula is C20H25NO7S. The maximum absolute atomic E-state index is 13.2. The normalized spacial score (nSPS) is 11.0. The number of carbonyl (C=O) groups is 1. The summed E-state index contributed by atoms with van der Waals surface area (Å²) in [6.07, 6.45) is 0.976. The molecule has 0 aliphatic rings. The summed E-state index contributed by atoms with van der Waals surface area (Å²) in [6.45, 7) is 0.907. The van der Waals surface area contributed by atoms with Crippen LogP contribution in [0.3, 0.4) is 0 Å². The molecule has 0 saturated carbocycles. The van der Waals surface area contributed by atoms with Gasteiger partial charge in [0, 0.05) is 26.3 Å². The van der Waals surface area contributed by atoms with Gasteiger partial charge in [0.1, 0.15) is 17.2 Å². The highest BCUT2D eigenvalue weighted by atomic mass is 32.2. The Morgan fingerprint density at radius 1 is 1.00 bits per heavy atom. The average Bonchev–Trinajstić information content (AvgIpc) is 2.69. The molecule has 2 aromatic rings. The molecule has 0 aliphatic carbocycles. The first-order valence-electron chi connectivity index (χ1n) is 8.76. The summed E-state index contributed by atoms with van der Waals surface area (Å²) in [7, 11) is 0.930. The summed E-state index contributed by atoms with van der Waals surface area (Å²) in [4.78, 5) is 14.8. The second kappa shape index (κ2) is 10.1.